The Morgan fingerprint density at radius 1 is 0.828 bits per heavy atom. The summed E-state index contributed by atoms with van der Waals surface area (Å²) in [4.78, 5) is 25.3. The minimum atomic E-state index is -4.59. The van der Waals surface area contributed by atoms with Crippen molar-refractivity contribution in [3.63, 3.8) is 0 Å². The summed E-state index contributed by atoms with van der Waals surface area (Å²) in [5.41, 5.74) is 0.344. The number of hydrogen-bond donors (Lipinski definition) is 0. The van der Waals surface area contributed by atoms with E-state index in [9.17, 15) is 18.0 Å². The van der Waals surface area contributed by atoms with E-state index in [0.29, 0.717) is 10.8 Å². The van der Waals surface area contributed by atoms with Gasteiger partial charge in [0.2, 0.25) is 0 Å². The molecule has 1 aliphatic rings. The molecule has 0 bridgehead atoms. The number of benzene rings is 3. The van der Waals surface area contributed by atoms with E-state index in [1.165, 1.54) is 44.6 Å². The fraction of sp³-hybridized carbons (Fsp3) is 0.100. The Hall–Kier alpha value is -3.43. The van der Waals surface area contributed by atoms with E-state index < -0.39 is 21.9 Å². The van der Waals surface area contributed by atoms with Gasteiger partial charge >= 0.3 is 10.1 Å². The topological polar surface area (TPSA) is 99.2 Å². The van der Waals surface area contributed by atoms with Gasteiger partial charge in [-0.25, -0.2) is 0 Å². The molecule has 148 valence electrons. The second kappa shape index (κ2) is 6.87. The Morgan fingerprint density at radius 3 is 2.00 bits per heavy atom. The first-order chi connectivity index (χ1) is 13.9. The molecule has 0 aromatic heterocycles. The predicted molar refractivity (Wildman–Crippen MR) is 102 cm³/mol. The highest BCUT2D eigenvalue weighted by atomic mass is 32.2. The summed E-state index contributed by atoms with van der Waals surface area (Å²) in [6.45, 7) is 0. The van der Waals surface area contributed by atoms with Crippen molar-refractivity contribution < 1.29 is 31.8 Å². The monoisotopic (exact) mass is 413 g/mol. The first-order valence-corrected chi connectivity index (χ1v) is 9.85. The molecule has 0 radical (unpaired) electrons. The van der Waals surface area contributed by atoms with Crippen molar-refractivity contribution in [3.05, 3.63) is 65.7 Å². The smallest absolute Gasteiger partial charge is 0.322 e. The van der Waals surface area contributed by atoms with Crippen LogP contribution in [-0.4, -0.2) is 39.5 Å². The van der Waals surface area contributed by atoms with Crippen LogP contribution in [0.4, 0.5) is 0 Å². The number of hydroxylamine groups is 2. The maximum absolute atomic E-state index is 12.9. The van der Waals surface area contributed by atoms with Crippen molar-refractivity contribution in [1.82, 2.24) is 5.06 Å². The maximum Gasteiger partial charge on any atom is 0.322 e. The molecule has 0 fully saturated rings. The molecular formula is C20H15NO7S. The summed E-state index contributed by atoms with van der Waals surface area (Å²) >= 11 is 0. The normalized spacial score (nSPS) is 13.7. The third-order valence-electron chi connectivity index (χ3n) is 4.55. The molecule has 9 heteroatoms. The van der Waals surface area contributed by atoms with Gasteiger partial charge in [-0.3, -0.25) is 9.59 Å². The molecule has 2 amide bonds. The molecule has 0 unspecified atom stereocenters. The summed E-state index contributed by atoms with van der Waals surface area (Å²) in [6.07, 6.45) is 0. The Labute approximate surface area is 166 Å². The lowest BCUT2D eigenvalue weighted by molar-refractivity contribution is -0.0156. The molecule has 0 saturated heterocycles. The van der Waals surface area contributed by atoms with Gasteiger partial charge in [-0.05, 0) is 29.7 Å². The fourth-order valence-corrected chi connectivity index (χ4v) is 4.26. The molecule has 0 N–H and O–H groups in total. The average molecular weight is 413 g/mol. The lowest BCUT2D eigenvalue weighted by atomic mass is 9.95. The van der Waals surface area contributed by atoms with E-state index in [2.05, 4.69) is 0 Å². The van der Waals surface area contributed by atoms with Gasteiger partial charge in [-0.15, -0.1) is 9.35 Å². The lowest BCUT2D eigenvalue weighted by Gasteiger charge is -2.25. The van der Waals surface area contributed by atoms with Gasteiger partial charge in [0.1, 0.15) is 16.4 Å². The van der Waals surface area contributed by atoms with Crippen molar-refractivity contribution in [2.45, 2.75) is 4.90 Å². The van der Waals surface area contributed by atoms with Crippen LogP contribution in [0.2, 0.25) is 0 Å². The summed E-state index contributed by atoms with van der Waals surface area (Å²) < 4.78 is 40.9. The summed E-state index contributed by atoms with van der Waals surface area (Å²) in [6, 6.07) is 13.9. The van der Waals surface area contributed by atoms with Gasteiger partial charge in [0.25, 0.3) is 11.8 Å². The number of amides is 2. The molecule has 1 heterocycles. The van der Waals surface area contributed by atoms with Gasteiger partial charge in [-0.1, -0.05) is 24.3 Å². The number of ether oxygens (including phenoxy) is 2. The first kappa shape index (κ1) is 18.9. The molecule has 0 spiro atoms. The molecule has 4 rings (SSSR count). The van der Waals surface area contributed by atoms with E-state index in [-0.39, 0.29) is 32.6 Å². The molecule has 0 aliphatic carbocycles. The molecule has 29 heavy (non-hydrogen) atoms. The Bertz CT molecular complexity index is 1220. The number of rotatable bonds is 5. The van der Waals surface area contributed by atoms with E-state index >= 15 is 0 Å². The van der Waals surface area contributed by atoms with Gasteiger partial charge in [0, 0.05) is 11.5 Å². The predicted octanol–water partition coefficient (Wildman–Crippen LogP) is 2.77. The lowest BCUT2D eigenvalue weighted by Crippen LogP contribution is -2.41. The molecule has 1 aliphatic heterocycles. The van der Waals surface area contributed by atoms with Crippen LogP contribution < -0.4 is 9.47 Å². The molecule has 0 saturated carbocycles. The molecule has 0 atom stereocenters. The average Bonchev–Trinajstić information content (AvgIpc) is 2.74. The van der Waals surface area contributed by atoms with E-state index in [4.69, 9.17) is 13.8 Å². The van der Waals surface area contributed by atoms with Gasteiger partial charge < -0.3 is 9.47 Å². The van der Waals surface area contributed by atoms with Crippen molar-refractivity contribution in [1.29, 1.82) is 0 Å². The highest BCUT2D eigenvalue weighted by molar-refractivity contribution is 7.86. The molecule has 3 aromatic rings. The fourth-order valence-electron chi connectivity index (χ4n) is 3.19. The minimum absolute atomic E-state index is 0.0230. The van der Waals surface area contributed by atoms with Crippen molar-refractivity contribution in [2.24, 2.45) is 0 Å². The number of carbonyl (C=O) groups is 2. The van der Waals surface area contributed by atoms with Crippen LogP contribution >= 0.6 is 0 Å². The highest BCUT2D eigenvalue weighted by Gasteiger charge is 2.38. The number of hydrogen-bond acceptors (Lipinski definition) is 7. The van der Waals surface area contributed by atoms with Crippen molar-refractivity contribution in [2.75, 3.05) is 14.2 Å². The van der Waals surface area contributed by atoms with Crippen LogP contribution in [0.3, 0.4) is 0 Å². The van der Waals surface area contributed by atoms with Gasteiger partial charge in [0.05, 0.1) is 25.3 Å². The minimum Gasteiger partial charge on any atom is -0.497 e. The standard InChI is InChI=1S/C20H15NO7S/c1-26-13-9-10-16(27-2)17(11-13)29(24,25)28-21-19(22)14-7-3-5-12-6-4-8-15(18(12)14)20(21)23/h3-11H,1-2H3. The van der Waals surface area contributed by atoms with Crippen molar-refractivity contribution in [3.8, 4) is 11.5 Å². The number of imide groups is 1. The van der Waals surface area contributed by atoms with E-state index in [1.54, 1.807) is 24.3 Å². The molecular weight excluding hydrogens is 398 g/mol. The van der Waals surface area contributed by atoms with Gasteiger partial charge in [0.15, 0.2) is 0 Å². The van der Waals surface area contributed by atoms with Crippen LogP contribution in [0.5, 0.6) is 11.5 Å². The zero-order chi connectivity index (χ0) is 20.8. The van der Waals surface area contributed by atoms with Crippen LogP contribution in [0, 0.1) is 0 Å². The summed E-state index contributed by atoms with van der Waals surface area (Å²) in [7, 11) is -1.94. The zero-order valence-corrected chi connectivity index (χ0v) is 16.2. The van der Waals surface area contributed by atoms with Crippen LogP contribution in [0.1, 0.15) is 20.7 Å². The Kier molecular flexibility index (Phi) is 4.48. The van der Waals surface area contributed by atoms with Gasteiger partial charge in [-0.2, -0.15) is 8.42 Å². The SMILES string of the molecule is COc1ccc(OC)c(S(=O)(=O)ON2C(=O)c3cccc4cccc(c34)C2=O)c1. The third-order valence-corrected chi connectivity index (χ3v) is 5.75. The van der Waals surface area contributed by atoms with Crippen LogP contribution in [0.15, 0.2) is 59.5 Å². The number of carbonyl (C=O) groups excluding carboxylic acids is 2. The highest BCUT2D eigenvalue weighted by Crippen LogP contribution is 2.34. The molecule has 8 nitrogen and oxygen atoms in total. The second-order valence-electron chi connectivity index (χ2n) is 6.16. The Morgan fingerprint density at radius 2 is 1.45 bits per heavy atom. The Balaban J connectivity index is 1.79. The van der Waals surface area contributed by atoms with Crippen molar-refractivity contribution >= 4 is 32.7 Å². The second-order valence-corrected chi connectivity index (χ2v) is 7.66. The van der Waals surface area contributed by atoms with E-state index in [1.807, 2.05) is 0 Å². The summed E-state index contributed by atoms with van der Waals surface area (Å²) in [5.74, 6) is -1.53. The largest absolute Gasteiger partial charge is 0.497 e. The third kappa shape index (κ3) is 3.00. The molecule has 3 aromatic carbocycles. The zero-order valence-electron chi connectivity index (χ0n) is 15.4. The van der Waals surface area contributed by atoms with Crippen LogP contribution in [-0.2, 0) is 14.4 Å². The van der Waals surface area contributed by atoms with E-state index in [0.717, 1.165) is 0 Å². The summed E-state index contributed by atoms with van der Waals surface area (Å²) in [5, 5.41) is 1.41. The number of nitrogens with zero attached hydrogens (tertiary/aromatic N) is 1. The maximum atomic E-state index is 12.9. The van der Waals surface area contributed by atoms with Crippen LogP contribution in [0.25, 0.3) is 10.8 Å². The number of methoxy groups -OCH3 is 2. The first-order valence-electron chi connectivity index (χ1n) is 8.44. The quantitative estimate of drug-likeness (QED) is 0.593.